The molecule has 124 valence electrons. The van der Waals surface area contributed by atoms with Crippen LogP contribution in [0.1, 0.15) is 24.0 Å². The van der Waals surface area contributed by atoms with E-state index in [4.69, 9.17) is 0 Å². The van der Waals surface area contributed by atoms with Gasteiger partial charge in [-0.05, 0) is 17.7 Å². The number of aliphatic hydroxyl groups is 1. The van der Waals surface area contributed by atoms with Crippen molar-refractivity contribution in [2.24, 2.45) is 0 Å². The van der Waals surface area contributed by atoms with Crippen molar-refractivity contribution in [2.75, 3.05) is 0 Å². The Hall–Kier alpha value is -2.74. The molecule has 1 aromatic carbocycles. The van der Waals surface area contributed by atoms with Gasteiger partial charge in [0, 0.05) is 23.7 Å². The van der Waals surface area contributed by atoms with Gasteiger partial charge in [-0.1, -0.05) is 13.0 Å². The van der Waals surface area contributed by atoms with Crippen LogP contribution in [-0.2, 0) is 12.1 Å². The van der Waals surface area contributed by atoms with Crippen LogP contribution in [0.3, 0.4) is 0 Å². The van der Waals surface area contributed by atoms with Gasteiger partial charge in [0.2, 0.25) is 0 Å². The van der Waals surface area contributed by atoms with E-state index in [0.717, 1.165) is 12.1 Å². The number of halogens is 2. The Morgan fingerprint density at radius 2 is 2.08 bits per heavy atom. The minimum absolute atomic E-state index is 0.0243. The summed E-state index contributed by atoms with van der Waals surface area (Å²) in [7, 11) is 0. The van der Waals surface area contributed by atoms with Crippen molar-refractivity contribution >= 4 is 0 Å². The third kappa shape index (κ3) is 3.00. The van der Waals surface area contributed by atoms with E-state index < -0.39 is 23.2 Å². The molecule has 0 aliphatic heterocycles. The molecule has 8 heteroatoms. The van der Waals surface area contributed by atoms with Gasteiger partial charge < -0.3 is 5.11 Å². The Balaban J connectivity index is 2.09. The summed E-state index contributed by atoms with van der Waals surface area (Å²) in [6.07, 6.45) is 5.73. The first kappa shape index (κ1) is 16.1. The summed E-state index contributed by atoms with van der Waals surface area (Å²) < 4.78 is 29.0. The predicted octanol–water partition coefficient (Wildman–Crippen LogP) is 2.04. The quantitative estimate of drug-likeness (QED) is 0.774. The second kappa shape index (κ2) is 6.40. The predicted molar refractivity (Wildman–Crippen MR) is 80.7 cm³/mol. The van der Waals surface area contributed by atoms with Crippen LogP contribution >= 0.6 is 0 Å². The number of benzene rings is 1. The number of nitrogens with zero attached hydrogens (tertiary/aromatic N) is 5. The van der Waals surface area contributed by atoms with Crippen molar-refractivity contribution in [1.29, 1.82) is 0 Å². The van der Waals surface area contributed by atoms with Crippen LogP contribution < -0.4 is 0 Å². The second-order valence-corrected chi connectivity index (χ2v) is 5.54. The van der Waals surface area contributed by atoms with Crippen LogP contribution in [0.5, 0.6) is 0 Å². The van der Waals surface area contributed by atoms with Crippen LogP contribution in [0.25, 0.3) is 0 Å². The van der Waals surface area contributed by atoms with E-state index in [1.807, 2.05) is 0 Å². The van der Waals surface area contributed by atoms with Crippen LogP contribution in [-0.4, -0.2) is 30.1 Å². The SMILES string of the molecule is CC(c1ccnnc1)C(O)(Cn1cncn1)c1ccc(F)cc1F. The molecule has 0 fully saturated rings. The highest BCUT2D eigenvalue weighted by molar-refractivity contribution is 5.30. The summed E-state index contributed by atoms with van der Waals surface area (Å²) in [4.78, 5) is 3.83. The fourth-order valence-electron chi connectivity index (χ4n) is 2.69. The van der Waals surface area contributed by atoms with Gasteiger partial charge in [-0.25, -0.2) is 18.4 Å². The van der Waals surface area contributed by atoms with E-state index in [9.17, 15) is 13.9 Å². The van der Waals surface area contributed by atoms with Gasteiger partial charge in [0.15, 0.2) is 0 Å². The average molecular weight is 331 g/mol. The average Bonchev–Trinajstić information content (AvgIpc) is 3.07. The lowest BCUT2D eigenvalue weighted by Gasteiger charge is -2.34. The molecule has 3 rings (SSSR count). The molecular weight excluding hydrogens is 316 g/mol. The maximum absolute atomic E-state index is 14.4. The molecule has 3 aromatic rings. The van der Waals surface area contributed by atoms with Gasteiger partial charge in [-0.3, -0.25) is 0 Å². The fourth-order valence-corrected chi connectivity index (χ4v) is 2.69. The zero-order valence-corrected chi connectivity index (χ0v) is 12.8. The molecule has 0 bridgehead atoms. The highest BCUT2D eigenvalue weighted by Crippen LogP contribution is 2.39. The van der Waals surface area contributed by atoms with E-state index in [1.165, 1.54) is 35.8 Å². The monoisotopic (exact) mass is 331 g/mol. The second-order valence-electron chi connectivity index (χ2n) is 5.54. The largest absolute Gasteiger partial charge is 0.382 e. The zero-order valence-electron chi connectivity index (χ0n) is 12.8. The standard InChI is InChI=1S/C16H15F2N5O/c1-11(12-4-5-20-21-7-12)16(24,8-23-10-19-9-22-23)14-3-2-13(17)6-15(14)18/h2-7,9-11,24H,8H2,1H3. The molecule has 0 saturated heterocycles. The summed E-state index contributed by atoms with van der Waals surface area (Å²) in [6, 6.07) is 4.79. The highest BCUT2D eigenvalue weighted by atomic mass is 19.1. The molecule has 0 aliphatic carbocycles. The van der Waals surface area contributed by atoms with Crippen molar-refractivity contribution in [1.82, 2.24) is 25.0 Å². The minimum Gasteiger partial charge on any atom is -0.382 e. The third-order valence-corrected chi connectivity index (χ3v) is 4.09. The number of hydrogen-bond donors (Lipinski definition) is 1. The molecule has 6 nitrogen and oxygen atoms in total. The van der Waals surface area contributed by atoms with Crippen LogP contribution in [0.2, 0.25) is 0 Å². The van der Waals surface area contributed by atoms with Crippen molar-refractivity contribution in [2.45, 2.75) is 25.0 Å². The maximum atomic E-state index is 14.4. The molecule has 2 atom stereocenters. The number of rotatable bonds is 5. The molecule has 2 aromatic heterocycles. The normalized spacial score (nSPS) is 15.0. The molecule has 1 N–H and O–H groups in total. The first-order chi connectivity index (χ1) is 11.5. The highest BCUT2D eigenvalue weighted by Gasteiger charge is 2.40. The van der Waals surface area contributed by atoms with Crippen molar-refractivity contribution in [3.05, 3.63) is 72.1 Å². The fraction of sp³-hybridized carbons (Fsp3) is 0.250. The lowest BCUT2D eigenvalue weighted by molar-refractivity contribution is -0.0113. The van der Waals surface area contributed by atoms with Gasteiger partial charge in [-0.2, -0.15) is 15.3 Å². The lowest BCUT2D eigenvalue weighted by atomic mass is 9.78. The first-order valence-corrected chi connectivity index (χ1v) is 7.27. The Morgan fingerprint density at radius 3 is 2.71 bits per heavy atom. The maximum Gasteiger partial charge on any atom is 0.137 e. The van der Waals surface area contributed by atoms with Crippen molar-refractivity contribution < 1.29 is 13.9 Å². The Kier molecular flexibility index (Phi) is 4.30. The van der Waals surface area contributed by atoms with E-state index in [1.54, 1.807) is 13.0 Å². The molecule has 2 unspecified atom stereocenters. The summed E-state index contributed by atoms with van der Waals surface area (Å²) in [5.41, 5.74) is -1.05. The minimum atomic E-state index is -1.69. The first-order valence-electron chi connectivity index (χ1n) is 7.27. The van der Waals surface area contributed by atoms with Crippen LogP contribution in [0, 0.1) is 11.6 Å². The van der Waals surface area contributed by atoms with E-state index in [0.29, 0.717) is 5.56 Å². The number of hydrogen-bond acceptors (Lipinski definition) is 5. The Morgan fingerprint density at radius 1 is 1.25 bits per heavy atom. The summed E-state index contributed by atoms with van der Waals surface area (Å²) in [5.74, 6) is -2.10. The van der Waals surface area contributed by atoms with Crippen LogP contribution in [0.15, 0.2) is 49.3 Å². The molecule has 0 aliphatic rings. The zero-order chi connectivity index (χ0) is 17.2. The van der Waals surface area contributed by atoms with Gasteiger partial charge >= 0.3 is 0 Å². The van der Waals surface area contributed by atoms with Gasteiger partial charge in [0.05, 0.1) is 12.7 Å². The molecule has 0 saturated carbocycles. The number of aromatic nitrogens is 5. The van der Waals surface area contributed by atoms with E-state index >= 15 is 0 Å². The van der Waals surface area contributed by atoms with E-state index in [2.05, 4.69) is 20.3 Å². The third-order valence-electron chi connectivity index (χ3n) is 4.09. The molecule has 0 radical (unpaired) electrons. The Bertz CT molecular complexity index is 813. The molecule has 24 heavy (non-hydrogen) atoms. The summed E-state index contributed by atoms with van der Waals surface area (Å²) >= 11 is 0. The smallest absolute Gasteiger partial charge is 0.137 e. The molecule has 0 amide bonds. The lowest BCUT2D eigenvalue weighted by Crippen LogP contribution is -2.38. The van der Waals surface area contributed by atoms with Crippen molar-refractivity contribution in [3.63, 3.8) is 0 Å². The van der Waals surface area contributed by atoms with Crippen molar-refractivity contribution in [3.8, 4) is 0 Å². The Labute approximate surface area is 136 Å². The summed E-state index contributed by atoms with van der Waals surface area (Å²) in [6.45, 7) is 1.68. The van der Waals surface area contributed by atoms with Gasteiger partial charge in [0.1, 0.15) is 29.9 Å². The molecule has 2 heterocycles. The topological polar surface area (TPSA) is 76.7 Å². The van der Waals surface area contributed by atoms with Crippen LogP contribution in [0.4, 0.5) is 8.78 Å². The van der Waals surface area contributed by atoms with E-state index in [-0.39, 0.29) is 12.1 Å². The summed E-state index contributed by atoms with van der Waals surface area (Å²) in [5, 5.41) is 22.8. The van der Waals surface area contributed by atoms with Gasteiger partial charge in [-0.15, -0.1) is 0 Å². The molecular formula is C16H15F2N5O. The van der Waals surface area contributed by atoms with Gasteiger partial charge in [0.25, 0.3) is 0 Å². The molecule has 0 spiro atoms.